The Hall–Kier alpha value is -0.420. The zero-order valence-electron chi connectivity index (χ0n) is 18.5. The molecule has 0 spiro atoms. The molecule has 1 N–H and O–H groups in total. The molecule has 0 aliphatic rings. The van der Waals surface area contributed by atoms with Gasteiger partial charge in [-0.1, -0.05) is 57.0 Å². The number of ether oxygens (including phenoxy) is 1. The number of halogens is 1. The molecule has 0 amide bonds. The SMILES string of the molecule is CCCCCCCCC(C)O[S+](CCCO)CCCCCOc1ccc(Cl)cc1. The van der Waals surface area contributed by atoms with Gasteiger partial charge in [0.1, 0.15) is 34.5 Å². The average molecular weight is 446 g/mol. The fourth-order valence-corrected chi connectivity index (χ4v) is 5.24. The van der Waals surface area contributed by atoms with Crippen LogP contribution in [0.25, 0.3) is 0 Å². The first-order valence-corrected chi connectivity index (χ1v) is 13.4. The van der Waals surface area contributed by atoms with Crippen LogP contribution in [0.3, 0.4) is 0 Å². The zero-order chi connectivity index (χ0) is 21.2. The van der Waals surface area contributed by atoms with E-state index in [1.807, 2.05) is 24.3 Å². The predicted octanol–water partition coefficient (Wildman–Crippen LogP) is 6.96. The first-order chi connectivity index (χ1) is 14.2. The molecule has 1 aromatic carbocycles. The molecule has 1 rings (SSSR count). The van der Waals surface area contributed by atoms with E-state index >= 15 is 0 Å². The summed E-state index contributed by atoms with van der Waals surface area (Å²) in [6, 6.07) is 7.53. The van der Waals surface area contributed by atoms with Gasteiger partial charge >= 0.3 is 0 Å². The van der Waals surface area contributed by atoms with E-state index in [4.69, 9.17) is 20.5 Å². The molecular weight excluding hydrogens is 404 g/mol. The van der Waals surface area contributed by atoms with E-state index in [9.17, 15) is 5.11 Å². The third kappa shape index (κ3) is 15.1. The minimum atomic E-state index is -0.0242. The topological polar surface area (TPSA) is 38.7 Å². The van der Waals surface area contributed by atoms with Gasteiger partial charge in [0.05, 0.1) is 6.61 Å². The van der Waals surface area contributed by atoms with Gasteiger partial charge in [-0.05, 0) is 56.9 Å². The van der Waals surface area contributed by atoms with E-state index in [1.54, 1.807) is 0 Å². The Kier molecular flexibility index (Phi) is 16.8. The molecule has 0 saturated heterocycles. The summed E-state index contributed by atoms with van der Waals surface area (Å²) < 4.78 is 12.1. The van der Waals surface area contributed by atoms with Crippen LogP contribution in [-0.2, 0) is 15.4 Å². The summed E-state index contributed by atoms with van der Waals surface area (Å²) in [5.41, 5.74) is 0. The summed E-state index contributed by atoms with van der Waals surface area (Å²) >= 11 is 5.86. The second kappa shape index (κ2) is 18.4. The van der Waals surface area contributed by atoms with Gasteiger partial charge in [-0.15, -0.1) is 0 Å². The van der Waals surface area contributed by atoms with E-state index in [0.29, 0.717) is 6.10 Å². The second-order valence-electron chi connectivity index (χ2n) is 7.75. The van der Waals surface area contributed by atoms with E-state index < -0.39 is 0 Å². The van der Waals surface area contributed by atoms with Gasteiger partial charge in [0, 0.05) is 18.1 Å². The summed E-state index contributed by atoms with van der Waals surface area (Å²) in [5.74, 6) is 2.96. The van der Waals surface area contributed by atoms with Crippen molar-refractivity contribution in [2.45, 2.75) is 90.6 Å². The van der Waals surface area contributed by atoms with Crippen LogP contribution in [0, 0.1) is 0 Å². The van der Waals surface area contributed by atoms with Gasteiger partial charge in [-0.25, -0.2) is 0 Å². The van der Waals surface area contributed by atoms with Gasteiger partial charge in [0.25, 0.3) is 0 Å². The molecule has 0 aliphatic carbocycles. The largest absolute Gasteiger partial charge is 0.494 e. The van der Waals surface area contributed by atoms with Crippen LogP contribution in [0.2, 0.25) is 5.02 Å². The van der Waals surface area contributed by atoms with Gasteiger partial charge in [-0.3, -0.25) is 0 Å². The van der Waals surface area contributed by atoms with Crippen molar-refractivity contribution in [3.8, 4) is 5.75 Å². The van der Waals surface area contributed by atoms with Crippen LogP contribution in [-0.4, -0.2) is 35.9 Å². The van der Waals surface area contributed by atoms with Crippen LogP contribution in [0.4, 0.5) is 0 Å². The second-order valence-corrected chi connectivity index (χ2v) is 10.1. The lowest BCUT2D eigenvalue weighted by molar-refractivity contribution is 0.233. The van der Waals surface area contributed by atoms with Crippen LogP contribution in [0.1, 0.15) is 84.5 Å². The highest BCUT2D eigenvalue weighted by atomic mass is 35.5. The Labute approximate surface area is 187 Å². The van der Waals surface area contributed by atoms with Crippen molar-refractivity contribution in [3.05, 3.63) is 29.3 Å². The van der Waals surface area contributed by atoms with Crippen molar-refractivity contribution in [3.63, 3.8) is 0 Å². The molecule has 0 fully saturated rings. The van der Waals surface area contributed by atoms with Gasteiger partial charge < -0.3 is 9.84 Å². The van der Waals surface area contributed by atoms with Crippen molar-refractivity contribution in [2.24, 2.45) is 0 Å². The zero-order valence-corrected chi connectivity index (χ0v) is 20.1. The Bertz CT molecular complexity index is 484. The smallest absolute Gasteiger partial charge is 0.147 e. The molecule has 29 heavy (non-hydrogen) atoms. The lowest BCUT2D eigenvalue weighted by Crippen LogP contribution is -2.22. The molecule has 0 saturated carbocycles. The summed E-state index contributed by atoms with van der Waals surface area (Å²) in [6.45, 7) is 5.47. The Morgan fingerprint density at radius 2 is 1.55 bits per heavy atom. The summed E-state index contributed by atoms with van der Waals surface area (Å²) in [7, 11) is 0. The molecule has 1 aromatic rings. The molecule has 0 bridgehead atoms. The molecule has 0 aromatic heterocycles. The fraction of sp³-hybridized carbons (Fsp3) is 0.750. The molecule has 0 radical (unpaired) electrons. The lowest BCUT2D eigenvalue weighted by Gasteiger charge is -2.13. The van der Waals surface area contributed by atoms with E-state index in [2.05, 4.69) is 13.8 Å². The number of aliphatic hydroxyl groups excluding tert-OH is 1. The van der Waals surface area contributed by atoms with Gasteiger partial charge in [-0.2, -0.15) is 4.18 Å². The summed E-state index contributed by atoms with van der Waals surface area (Å²) in [4.78, 5) is 0. The standard InChI is InChI=1S/C24H42ClO3S/c1-3-4-5-6-7-9-13-22(2)28-29(21-12-18-26)20-11-8-10-19-27-24-16-14-23(25)15-17-24/h14-17,22,26H,3-13,18-21H2,1-2H3/q+1. The number of aliphatic hydroxyl groups is 1. The van der Waals surface area contributed by atoms with Crippen LogP contribution >= 0.6 is 11.6 Å². The number of rotatable bonds is 19. The third-order valence-corrected chi connectivity index (χ3v) is 7.23. The highest BCUT2D eigenvalue weighted by Gasteiger charge is 2.23. The van der Waals surface area contributed by atoms with Crippen molar-refractivity contribution in [1.29, 1.82) is 0 Å². The Balaban J connectivity index is 2.13. The van der Waals surface area contributed by atoms with Crippen molar-refractivity contribution < 1.29 is 14.0 Å². The highest BCUT2D eigenvalue weighted by molar-refractivity contribution is 7.92. The number of benzene rings is 1. The maximum absolute atomic E-state index is 9.18. The minimum Gasteiger partial charge on any atom is -0.494 e. The maximum Gasteiger partial charge on any atom is 0.147 e. The average Bonchev–Trinajstić information content (AvgIpc) is 2.72. The van der Waals surface area contributed by atoms with Gasteiger partial charge in [0.2, 0.25) is 0 Å². The van der Waals surface area contributed by atoms with Crippen LogP contribution in [0.5, 0.6) is 5.75 Å². The monoisotopic (exact) mass is 445 g/mol. The highest BCUT2D eigenvalue weighted by Crippen LogP contribution is 2.17. The Morgan fingerprint density at radius 3 is 2.28 bits per heavy atom. The molecule has 5 heteroatoms. The van der Waals surface area contributed by atoms with Crippen molar-refractivity contribution in [1.82, 2.24) is 0 Å². The number of hydrogen-bond acceptors (Lipinski definition) is 3. The normalized spacial score (nSPS) is 13.4. The third-order valence-electron chi connectivity index (χ3n) is 4.89. The molecule has 0 aliphatic heterocycles. The van der Waals surface area contributed by atoms with Gasteiger partial charge in [0.15, 0.2) is 0 Å². The molecular formula is C24H42ClO3S+. The lowest BCUT2D eigenvalue weighted by atomic mass is 10.1. The first kappa shape index (κ1) is 26.6. The molecule has 2 unspecified atom stereocenters. The summed E-state index contributed by atoms with van der Waals surface area (Å²) in [5, 5.41) is 9.92. The van der Waals surface area contributed by atoms with Crippen molar-refractivity contribution in [2.75, 3.05) is 24.7 Å². The van der Waals surface area contributed by atoms with E-state index in [1.165, 1.54) is 38.5 Å². The summed E-state index contributed by atoms with van der Waals surface area (Å²) in [6.07, 6.45) is 13.7. The minimum absolute atomic E-state index is 0.0242. The van der Waals surface area contributed by atoms with E-state index in [0.717, 1.165) is 61.0 Å². The fourth-order valence-electron chi connectivity index (χ4n) is 3.18. The Morgan fingerprint density at radius 1 is 0.897 bits per heavy atom. The first-order valence-electron chi connectivity index (χ1n) is 11.5. The molecule has 168 valence electrons. The molecule has 0 heterocycles. The van der Waals surface area contributed by atoms with Crippen LogP contribution in [0.15, 0.2) is 24.3 Å². The molecule has 3 nitrogen and oxygen atoms in total. The van der Waals surface area contributed by atoms with Crippen LogP contribution < -0.4 is 4.74 Å². The number of hydrogen-bond donors (Lipinski definition) is 1. The quantitative estimate of drug-likeness (QED) is 0.185. The van der Waals surface area contributed by atoms with E-state index in [-0.39, 0.29) is 17.8 Å². The molecule has 2 atom stereocenters. The maximum atomic E-state index is 9.18. The number of unbranched alkanes of at least 4 members (excludes halogenated alkanes) is 7. The predicted molar refractivity (Wildman–Crippen MR) is 128 cm³/mol. The van der Waals surface area contributed by atoms with Crippen molar-refractivity contribution >= 4 is 22.8 Å².